The van der Waals surface area contributed by atoms with Gasteiger partial charge in [-0.1, -0.05) is 118 Å². The van der Waals surface area contributed by atoms with Crippen molar-refractivity contribution in [2.24, 2.45) is 35.3 Å². The number of hydrogen-bond donors (Lipinski definition) is 8. The third-order valence-electron chi connectivity index (χ3n) is 18.0. The van der Waals surface area contributed by atoms with Crippen LogP contribution in [0.5, 0.6) is 0 Å². The number of methoxy groups -OCH3 is 2. The number of unbranched alkanes of at least 4 members (excludes halogenated alkanes) is 2. The molecule has 2 aliphatic heterocycles. The maximum atomic E-state index is 14.9. The predicted octanol–water partition coefficient (Wildman–Crippen LogP) is 4.82. The molecule has 96 heavy (non-hydrogen) atoms. The molecule has 0 aliphatic carbocycles. The van der Waals surface area contributed by atoms with Gasteiger partial charge in [-0.05, 0) is 92.4 Å². The van der Waals surface area contributed by atoms with E-state index in [4.69, 9.17) is 19.9 Å². The maximum Gasteiger partial charge on any atom is 0.411 e. The summed E-state index contributed by atoms with van der Waals surface area (Å²) in [6.07, 6.45) is 1.30. The SMILES string of the molecule is CC[C@H](C)[C@@H]([C@@H](CC(=O)N1CCC[C@H]1[C@H](OC)[C@@H](C)C(=O)N[C@H](C)[C@@H](O)c1ccccc1)OC)N(C)C(=O)[C@@H](NC(=O)[C@H](C(C)C)N(C)C(=O)OC(C=O)c1ccc(NC(=O)[C@H](CCCNC(N)=O)NC(=O)[C@@H](NC(=O)CCCCCN2C(=O)C=CC2=O)C(C)C)cc1)C(C)C. The summed E-state index contributed by atoms with van der Waals surface area (Å²) in [6, 6.07) is 7.70. The predicted molar refractivity (Wildman–Crippen MR) is 358 cm³/mol. The number of nitrogens with one attached hydrogen (secondary N) is 6. The number of primary amides is 1. The van der Waals surface area contributed by atoms with Crippen molar-refractivity contribution in [3.63, 3.8) is 0 Å². The molecular weight excluding hydrogens is 1240 g/mol. The summed E-state index contributed by atoms with van der Waals surface area (Å²) >= 11 is 0. The first kappa shape index (κ1) is 80.1. The number of imide groups is 1. The molecule has 1 unspecified atom stereocenters. The van der Waals surface area contributed by atoms with Crippen molar-refractivity contribution in [2.45, 2.75) is 200 Å². The number of anilines is 1. The van der Waals surface area contributed by atoms with Gasteiger partial charge in [0.25, 0.3) is 11.8 Å². The van der Waals surface area contributed by atoms with E-state index in [1.165, 1.54) is 62.6 Å². The molecule has 2 aromatic rings. The lowest BCUT2D eigenvalue weighted by molar-refractivity contribution is -0.148. The number of nitrogens with zero attached hydrogens (tertiary/aromatic N) is 4. The first-order valence-electron chi connectivity index (χ1n) is 33.3. The van der Waals surface area contributed by atoms with Gasteiger partial charge in [0.1, 0.15) is 24.2 Å². The first-order valence-corrected chi connectivity index (χ1v) is 33.3. The molecule has 0 spiro atoms. The Morgan fingerprint density at radius 3 is 1.92 bits per heavy atom. The smallest absolute Gasteiger partial charge is 0.411 e. The topological polar surface area (TPSA) is 364 Å². The molecule has 0 saturated carbocycles. The van der Waals surface area contributed by atoms with Gasteiger partial charge < -0.3 is 66.8 Å². The largest absolute Gasteiger partial charge is 0.433 e. The molecular formula is C69H105N11O16. The average molecular weight is 1340 g/mol. The molecule has 13 atom stereocenters. The number of amides is 12. The molecule has 2 aromatic carbocycles. The highest BCUT2D eigenvalue weighted by Crippen LogP contribution is 2.31. The second kappa shape index (κ2) is 39.0. The Hall–Kier alpha value is -8.30. The number of urea groups is 1. The van der Waals surface area contributed by atoms with Crippen molar-refractivity contribution < 1.29 is 76.9 Å². The van der Waals surface area contributed by atoms with Crippen LogP contribution in [0.2, 0.25) is 0 Å². The molecule has 0 radical (unpaired) electrons. The summed E-state index contributed by atoms with van der Waals surface area (Å²) in [5.41, 5.74) is 6.32. The maximum absolute atomic E-state index is 14.9. The minimum atomic E-state index is -1.49. The van der Waals surface area contributed by atoms with Crippen LogP contribution in [0.15, 0.2) is 66.7 Å². The van der Waals surface area contributed by atoms with Gasteiger partial charge in [0.15, 0.2) is 12.4 Å². The van der Waals surface area contributed by atoms with Gasteiger partial charge in [0, 0.05) is 72.2 Å². The number of nitrogens with two attached hydrogens (primary N) is 1. The van der Waals surface area contributed by atoms with E-state index in [0.29, 0.717) is 56.9 Å². The Morgan fingerprint density at radius 2 is 1.35 bits per heavy atom. The van der Waals surface area contributed by atoms with E-state index in [1.54, 1.807) is 79.5 Å². The Bertz CT molecular complexity index is 2970. The molecule has 27 heteroatoms. The zero-order valence-corrected chi connectivity index (χ0v) is 58.3. The Balaban J connectivity index is 1.41. The number of ether oxygens (including phenoxy) is 3. The van der Waals surface area contributed by atoms with Crippen LogP contribution in [0, 0.1) is 29.6 Å². The van der Waals surface area contributed by atoms with E-state index >= 15 is 0 Å². The zero-order chi connectivity index (χ0) is 71.7. The minimum Gasteiger partial charge on any atom is -0.433 e. The molecule has 9 N–H and O–H groups in total. The highest BCUT2D eigenvalue weighted by atomic mass is 16.6. The number of aldehydes is 1. The molecule has 1 fully saturated rings. The Labute approximate surface area is 564 Å². The van der Waals surface area contributed by atoms with Crippen molar-refractivity contribution >= 4 is 77.3 Å². The number of rotatable bonds is 39. The van der Waals surface area contributed by atoms with E-state index in [0.717, 1.165) is 9.80 Å². The zero-order valence-electron chi connectivity index (χ0n) is 58.3. The fraction of sp³-hybridized carbons (Fsp3) is 0.623. The first-order chi connectivity index (χ1) is 45.4. The molecule has 1 saturated heterocycles. The summed E-state index contributed by atoms with van der Waals surface area (Å²) in [7, 11) is 5.92. The van der Waals surface area contributed by atoms with Crippen molar-refractivity contribution in [1.29, 1.82) is 0 Å². The third kappa shape index (κ3) is 22.9. The van der Waals surface area contributed by atoms with Crippen molar-refractivity contribution in [1.82, 2.24) is 46.2 Å². The summed E-state index contributed by atoms with van der Waals surface area (Å²) in [5, 5.41) is 27.4. The number of carbonyl (C=O) groups is 12. The second-order valence-electron chi connectivity index (χ2n) is 26.1. The van der Waals surface area contributed by atoms with Crippen LogP contribution < -0.4 is 37.6 Å². The summed E-state index contributed by atoms with van der Waals surface area (Å²) in [5.74, 6) is -6.57. The van der Waals surface area contributed by atoms with Crippen molar-refractivity contribution in [2.75, 3.05) is 53.3 Å². The van der Waals surface area contributed by atoms with Gasteiger partial charge in [-0.2, -0.15) is 0 Å². The van der Waals surface area contributed by atoms with Crippen LogP contribution in [0.25, 0.3) is 0 Å². The van der Waals surface area contributed by atoms with Crippen molar-refractivity contribution in [3.8, 4) is 0 Å². The van der Waals surface area contributed by atoms with Gasteiger partial charge in [-0.15, -0.1) is 0 Å². The molecule has 27 nitrogen and oxygen atoms in total. The van der Waals surface area contributed by atoms with E-state index < -0.39 is 132 Å². The molecule has 0 bridgehead atoms. The molecule has 2 aliphatic rings. The van der Waals surface area contributed by atoms with E-state index in [9.17, 15) is 62.6 Å². The normalized spacial score (nSPS) is 17.6. The van der Waals surface area contributed by atoms with Crippen molar-refractivity contribution in [3.05, 3.63) is 77.9 Å². The number of likely N-dealkylation sites (N-methyl/N-ethyl adjacent to an activating group) is 2. The summed E-state index contributed by atoms with van der Waals surface area (Å²) in [6.45, 7) is 18.5. The number of aliphatic hydroxyl groups excluding tert-OH is 1. The Morgan fingerprint density at radius 1 is 0.719 bits per heavy atom. The van der Waals surface area contributed by atoms with Crippen LogP contribution in [0.1, 0.15) is 157 Å². The lowest BCUT2D eigenvalue weighted by atomic mass is 9.89. The van der Waals surface area contributed by atoms with Crippen LogP contribution >= 0.6 is 0 Å². The highest BCUT2D eigenvalue weighted by Gasteiger charge is 2.44. The molecule has 2 heterocycles. The van der Waals surface area contributed by atoms with Crippen LogP contribution in [-0.4, -0.2) is 199 Å². The number of likely N-dealkylation sites (tertiary alicyclic amines) is 1. The third-order valence-corrected chi connectivity index (χ3v) is 18.0. The van der Waals surface area contributed by atoms with Gasteiger partial charge in [-0.3, -0.25) is 57.7 Å². The summed E-state index contributed by atoms with van der Waals surface area (Å²) in [4.78, 5) is 165. The number of carbonyl (C=O) groups excluding carboxylic acids is 12. The number of aliphatic hydroxyl groups is 1. The van der Waals surface area contributed by atoms with Crippen LogP contribution in [0.4, 0.5) is 15.3 Å². The van der Waals surface area contributed by atoms with Gasteiger partial charge in [0.2, 0.25) is 41.4 Å². The number of hydrogen-bond acceptors (Lipinski definition) is 16. The van der Waals surface area contributed by atoms with E-state index in [-0.39, 0.29) is 79.6 Å². The molecule has 4 rings (SSSR count). The highest BCUT2D eigenvalue weighted by molar-refractivity contribution is 6.12. The van der Waals surface area contributed by atoms with E-state index in [2.05, 4.69) is 31.9 Å². The number of benzene rings is 2. The lowest BCUT2D eigenvalue weighted by Gasteiger charge is -2.41. The molecule has 12 amide bonds. The standard InChI is InChI=1S/C69H105N11O16/c1-15-43(8)60(51(94-13)38-56(85)79-37-23-27-50(79)62(95-14)44(9)63(87)72-45(10)61(86)47-24-18-16-19-25-47)77(11)67(91)58(41(4)5)76-66(90)59(42(6)7)78(12)69(93)96-52(39-81)46-29-31-48(32-30-46)73-64(88)49(26-22-35-71-68(70)92)74-65(89)57(40(2)3)75-53(82)28-20-17-21-36-80-54(83)33-34-55(80)84/h16,18-19,24-25,29-34,39-45,49-52,57-62,86H,15,17,20-23,26-28,35-38H2,1-14H3,(H,72,87)(H,73,88)(H,74,89)(H,75,82)(H,76,90)(H3,70,71,92)/t43-,44+,45+,49-,50-,51+,52?,57-,58-,59-,60-,61+,62+/m0/s1. The molecule has 532 valence electrons. The quantitative estimate of drug-likeness (QED) is 0.0253. The lowest BCUT2D eigenvalue weighted by Crippen LogP contribution is -2.60. The Kier molecular flexibility index (Phi) is 32.6. The van der Waals surface area contributed by atoms with Crippen LogP contribution in [-0.2, 0) is 62.2 Å². The van der Waals surface area contributed by atoms with E-state index in [1.807, 2.05) is 32.0 Å². The second-order valence-corrected chi connectivity index (χ2v) is 26.1. The molecule has 0 aromatic heterocycles. The van der Waals surface area contributed by atoms with Crippen LogP contribution in [0.3, 0.4) is 0 Å². The van der Waals surface area contributed by atoms with Gasteiger partial charge in [-0.25, -0.2) is 9.59 Å². The van der Waals surface area contributed by atoms with Gasteiger partial charge in [0.05, 0.1) is 48.8 Å². The fourth-order valence-corrected chi connectivity index (χ4v) is 12.3. The average Bonchev–Trinajstić information content (AvgIpc) is 1.39. The van der Waals surface area contributed by atoms with Gasteiger partial charge >= 0.3 is 12.1 Å². The summed E-state index contributed by atoms with van der Waals surface area (Å²) < 4.78 is 17.7. The fourth-order valence-electron chi connectivity index (χ4n) is 12.3. The monoisotopic (exact) mass is 1340 g/mol. The minimum absolute atomic E-state index is 0.0357.